The van der Waals surface area contributed by atoms with Gasteiger partial charge in [0, 0.05) is 19.4 Å². The number of carbonyl (C=O) groups is 2. The zero-order valence-corrected chi connectivity index (χ0v) is 16.6. The summed E-state index contributed by atoms with van der Waals surface area (Å²) in [5.41, 5.74) is 1.88. The summed E-state index contributed by atoms with van der Waals surface area (Å²) in [5, 5.41) is 19.1. The van der Waals surface area contributed by atoms with Crippen molar-refractivity contribution in [3.8, 4) is 0 Å². The minimum Gasteiger partial charge on any atom is -0.481 e. The van der Waals surface area contributed by atoms with Gasteiger partial charge in [-0.1, -0.05) is 55.3 Å². The van der Waals surface area contributed by atoms with E-state index in [0.717, 1.165) is 36.8 Å². The maximum atomic E-state index is 12.2. The van der Waals surface area contributed by atoms with Gasteiger partial charge < -0.3 is 15.1 Å². The molecule has 0 aliphatic carbocycles. The van der Waals surface area contributed by atoms with Crippen LogP contribution in [0.5, 0.6) is 0 Å². The summed E-state index contributed by atoms with van der Waals surface area (Å²) in [5.74, 6) is -0.598. The van der Waals surface area contributed by atoms with Crippen LogP contribution in [0.4, 0.5) is 0 Å². The topological polar surface area (TPSA) is 77.8 Å². The van der Waals surface area contributed by atoms with Gasteiger partial charge in [0.25, 0.3) is 0 Å². The maximum absolute atomic E-state index is 12.2. The average Bonchev–Trinajstić information content (AvgIpc) is 3.02. The van der Waals surface area contributed by atoms with Crippen LogP contribution in [-0.2, 0) is 9.59 Å². The molecule has 2 atom stereocenters. The maximum Gasteiger partial charge on any atom is 0.303 e. The molecule has 1 aliphatic rings. The number of aliphatic hydroxyl groups is 1. The van der Waals surface area contributed by atoms with Crippen LogP contribution < -0.4 is 0 Å². The van der Waals surface area contributed by atoms with E-state index in [1.165, 1.54) is 0 Å². The molecular weight excluding hydrogens is 354 g/mol. The Morgan fingerprint density at radius 3 is 2.82 bits per heavy atom. The van der Waals surface area contributed by atoms with Crippen molar-refractivity contribution >= 4 is 18.0 Å². The number of hydrogen-bond donors (Lipinski definition) is 2. The van der Waals surface area contributed by atoms with E-state index in [1.54, 1.807) is 6.08 Å². The molecule has 1 unspecified atom stereocenters. The molecule has 0 spiro atoms. The van der Waals surface area contributed by atoms with Crippen LogP contribution in [0.1, 0.15) is 69.1 Å². The number of nitrogens with zero attached hydrogens (tertiary/aromatic N) is 1. The summed E-state index contributed by atoms with van der Waals surface area (Å²) >= 11 is 0. The monoisotopic (exact) mass is 385 g/mol. The van der Waals surface area contributed by atoms with Crippen LogP contribution in [0.3, 0.4) is 0 Å². The van der Waals surface area contributed by atoms with Gasteiger partial charge in [-0.05, 0) is 43.4 Å². The van der Waals surface area contributed by atoms with Gasteiger partial charge in [0.05, 0.1) is 12.1 Å². The minimum absolute atomic E-state index is 0.0277. The molecule has 1 aromatic carbocycles. The highest BCUT2D eigenvalue weighted by atomic mass is 16.4. The highest BCUT2D eigenvalue weighted by molar-refractivity contribution is 5.79. The summed E-state index contributed by atoms with van der Waals surface area (Å²) in [7, 11) is 0. The molecule has 2 rings (SSSR count). The van der Waals surface area contributed by atoms with Crippen LogP contribution in [-0.4, -0.2) is 39.6 Å². The fraction of sp³-hybridized carbons (Fsp3) is 0.478. The van der Waals surface area contributed by atoms with E-state index < -0.39 is 12.1 Å². The van der Waals surface area contributed by atoms with Gasteiger partial charge >= 0.3 is 5.97 Å². The molecule has 0 aromatic heterocycles. The molecular formula is C23H31NO4. The summed E-state index contributed by atoms with van der Waals surface area (Å²) in [6, 6.07) is 7.81. The summed E-state index contributed by atoms with van der Waals surface area (Å²) in [6.45, 7) is 2.65. The van der Waals surface area contributed by atoms with Crippen molar-refractivity contribution in [3.05, 3.63) is 53.6 Å². The molecule has 1 aromatic rings. The lowest BCUT2D eigenvalue weighted by atomic mass is 10.0. The number of aliphatic carboxylic acids is 1. The van der Waals surface area contributed by atoms with Gasteiger partial charge in [-0.3, -0.25) is 9.59 Å². The van der Waals surface area contributed by atoms with Gasteiger partial charge in [-0.2, -0.15) is 0 Å². The Morgan fingerprint density at radius 2 is 2.07 bits per heavy atom. The van der Waals surface area contributed by atoms with E-state index >= 15 is 0 Å². The highest BCUT2D eigenvalue weighted by Gasteiger charge is 2.28. The first-order chi connectivity index (χ1) is 13.5. The molecule has 28 heavy (non-hydrogen) atoms. The van der Waals surface area contributed by atoms with Gasteiger partial charge in [-0.25, -0.2) is 0 Å². The van der Waals surface area contributed by atoms with Crippen LogP contribution in [0.2, 0.25) is 0 Å². The van der Waals surface area contributed by atoms with Gasteiger partial charge in [0.1, 0.15) is 0 Å². The molecule has 0 saturated carbocycles. The number of unbranched alkanes of at least 4 members (excludes halogenated alkanes) is 3. The summed E-state index contributed by atoms with van der Waals surface area (Å²) in [4.78, 5) is 24.6. The van der Waals surface area contributed by atoms with Crippen molar-refractivity contribution in [2.45, 2.75) is 64.0 Å². The van der Waals surface area contributed by atoms with Crippen LogP contribution >= 0.6 is 0 Å². The predicted octanol–water partition coefficient (Wildman–Crippen LogP) is 4.34. The van der Waals surface area contributed by atoms with E-state index in [2.05, 4.69) is 0 Å². The summed E-state index contributed by atoms with van der Waals surface area (Å²) in [6.07, 6.45) is 11.9. The highest BCUT2D eigenvalue weighted by Crippen LogP contribution is 2.23. The van der Waals surface area contributed by atoms with Crippen LogP contribution in [0, 0.1) is 0 Å². The zero-order valence-electron chi connectivity index (χ0n) is 16.6. The molecule has 1 saturated heterocycles. The Morgan fingerprint density at radius 1 is 1.29 bits per heavy atom. The van der Waals surface area contributed by atoms with Crippen molar-refractivity contribution in [2.24, 2.45) is 0 Å². The normalized spacial score (nSPS) is 18.4. The molecule has 1 heterocycles. The number of carbonyl (C=O) groups excluding carboxylic acids is 1. The molecule has 152 valence electrons. The first kappa shape index (κ1) is 21.9. The zero-order chi connectivity index (χ0) is 20.4. The standard InChI is InChI=1S/C23H31NO4/c1-2-8-18-9-7-10-19(17-18)21(25)14-12-20-13-15-22(26)24(20)16-6-4-3-5-11-23(27)28/h2,7-10,12,14,17,20-21,25H,3-6,11,13,15-16H2,1H3,(H,27,28)/t20-,21?/m0/s1. The second kappa shape index (κ2) is 11.4. The van der Waals surface area contributed by atoms with E-state index in [9.17, 15) is 14.7 Å². The molecule has 5 nitrogen and oxygen atoms in total. The van der Waals surface area contributed by atoms with Crippen molar-refractivity contribution in [1.29, 1.82) is 0 Å². The number of aliphatic hydroxyl groups excluding tert-OH is 1. The number of carboxylic acids is 1. The lowest BCUT2D eigenvalue weighted by Gasteiger charge is -2.22. The minimum atomic E-state index is -0.755. The fourth-order valence-electron chi connectivity index (χ4n) is 3.54. The lowest BCUT2D eigenvalue weighted by Crippen LogP contribution is -2.32. The first-order valence-corrected chi connectivity index (χ1v) is 10.1. The SMILES string of the molecule is CC=Cc1cccc(C(O)C=C[C@H]2CCC(=O)N2CCCCCCC(=O)O)c1. The van der Waals surface area contributed by atoms with Crippen molar-refractivity contribution in [1.82, 2.24) is 4.90 Å². The molecule has 5 heteroatoms. The van der Waals surface area contributed by atoms with Crippen molar-refractivity contribution < 1.29 is 19.8 Å². The Kier molecular flexibility index (Phi) is 8.95. The average molecular weight is 386 g/mol. The largest absolute Gasteiger partial charge is 0.481 e. The predicted molar refractivity (Wildman–Crippen MR) is 111 cm³/mol. The number of amides is 1. The quantitative estimate of drug-likeness (QED) is 0.439. The smallest absolute Gasteiger partial charge is 0.303 e. The third-order valence-corrected chi connectivity index (χ3v) is 5.04. The molecule has 1 amide bonds. The van der Waals surface area contributed by atoms with E-state index in [-0.39, 0.29) is 18.4 Å². The van der Waals surface area contributed by atoms with Gasteiger partial charge in [-0.15, -0.1) is 0 Å². The number of carboxylic acid groups (broad SMARTS) is 1. The van der Waals surface area contributed by atoms with Crippen LogP contribution in [0.15, 0.2) is 42.5 Å². The van der Waals surface area contributed by atoms with Gasteiger partial charge in [0.15, 0.2) is 0 Å². The van der Waals surface area contributed by atoms with Crippen molar-refractivity contribution in [3.63, 3.8) is 0 Å². The second-order valence-electron chi connectivity index (χ2n) is 7.25. The third kappa shape index (κ3) is 6.97. The van der Waals surface area contributed by atoms with E-state index in [0.29, 0.717) is 19.4 Å². The number of allylic oxidation sites excluding steroid dienone is 1. The molecule has 0 radical (unpaired) electrons. The molecule has 1 fully saturated rings. The Labute approximate surface area is 167 Å². The Balaban J connectivity index is 1.86. The third-order valence-electron chi connectivity index (χ3n) is 5.04. The first-order valence-electron chi connectivity index (χ1n) is 10.1. The van der Waals surface area contributed by atoms with E-state index in [4.69, 9.17) is 5.11 Å². The Bertz CT molecular complexity index is 710. The Hall–Kier alpha value is -2.40. The van der Waals surface area contributed by atoms with Gasteiger partial charge in [0.2, 0.25) is 5.91 Å². The molecule has 2 N–H and O–H groups in total. The van der Waals surface area contributed by atoms with Crippen molar-refractivity contribution in [2.75, 3.05) is 6.54 Å². The fourth-order valence-corrected chi connectivity index (χ4v) is 3.54. The number of likely N-dealkylation sites (tertiary alicyclic amines) is 1. The second-order valence-corrected chi connectivity index (χ2v) is 7.25. The van der Waals surface area contributed by atoms with E-state index in [1.807, 2.05) is 54.3 Å². The number of benzene rings is 1. The lowest BCUT2D eigenvalue weighted by molar-refractivity contribution is -0.137. The molecule has 0 bridgehead atoms. The van der Waals surface area contributed by atoms with Crippen LogP contribution in [0.25, 0.3) is 6.08 Å². The number of rotatable bonds is 11. The number of hydrogen-bond acceptors (Lipinski definition) is 3. The molecule has 1 aliphatic heterocycles. The summed E-state index contributed by atoms with van der Waals surface area (Å²) < 4.78 is 0.